The van der Waals surface area contributed by atoms with Crippen molar-refractivity contribution in [3.8, 4) is 17.0 Å². The molecule has 0 saturated heterocycles. The van der Waals surface area contributed by atoms with Gasteiger partial charge in [-0.05, 0) is 64.4 Å². The third-order valence-corrected chi connectivity index (χ3v) is 6.62. The number of rotatable bonds is 7. The second-order valence-electron chi connectivity index (χ2n) is 8.74. The van der Waals surface area contributed by atoms with Gasteiger partial charge in [-0.25, -0.2) is 9.67 Å². The molecule has 182 valence electrons. The van der Waals surface area contributed by atoms with Crippen LogP contribution < -0.4 is 15.4 Å². The average molecular weight is 492 g/mol. The van der Waals surface area contributed by atoms with E-state index in [4.69, 9.17) is 9.72 Å². The molecule has 0 aliphatic carbocycles. The molecule has 0 saturated carbocycles. The number of methoxy groups -OCH3 is 1. The number of pyridine rings is 1. The first-order chi connectivity index (χ1) is 16.7. The zero-order valence-electron chi connectivity index (χ0n) is 20.7. The largest absolute Gasteiger partial charge is 0.495 e. The number of anilines is 1. The quantitative estimate of drug-likeness (QED) is 0.377. The van der Waals surface area contributed by atoms with E-state index in [1.165, 1.54) is 4.88 Å². The van der Waals surface area contributed by atoms with E-state index in [-0.39, 0.29) is 24.4 Å². The van der Waals surface area contributed by atoms with Crippen molar-refractivity contribution in [1.82, 2.24) is 20.1 Å². The number of thiophene rings is 1. The maximum Gasteiger partial charge on any atom is 0.252 e. The third kappa shape index (κ3) is 5.05. The van der Waals surface area contributed by atoms with Gasteiger partial charge in [0.25, 0.3) is 5.91 Å². The number of carbonyl (C=O) groups is 2. The number of nitrogens with zero attached hydrogens (tertiary/aromatic N) is 3. The standard InChI is InChI=1S/C26H29N5O3S/c1-14(2)31-25-20(12-28-31)19(11-21(30-25)18-10-16(4)35-17(18)5)26(33)27-13-24(32)29-22-9-15(3)7-8-23(22)34-6/h7-12,14H,13H2,1-6H3,(H,27,33)(H,29,32). The molecule has 35 heavy (non-hydrogen) atoms. The van der Waals surface area contributed by atoms with Gasteiger partial charge in [0.05, 0.1) is 42.2 Å². The first-order valence-corrected chi connectivity index (χ1v) is 12.2. The van der Waals surface area contributed by atoms with E-state index in [2.05, 4.69) is 21.8 Å². The van der Waals surface area contributed by atoms with Gasteiger partial charge in [0, 0.05) is 21.4 Å². The summed E-state index contributed by atoms with van der Waals surface area (Å²) in [4.78, 5) is 33.0. The van der Waals surface area contributed by atoms with Crippen molar-refractivity contribution in [2.45, 2.75) is 40.7 Å². The Morgan fingerprint density at radius 3 is 2.57 bits per heavy atom. The van der Waals surface area contributed by atoms with Crippen molar-refractivity contribution < 1.29 is 14.3 Å². The maximum atomic E-state index is 13.3. The summed E-state index contributed by atoms with van der Waals surface area (Å²) in [7, 11) is 1.54. The van der Waals surface area contributed by atoms with Crippen molar-refractivity contribution in [1.29, 1.82) is 0 Å². The van der Waals surface area contributed by atoms with Gasteiger partial charge >= 0.3 is 0 Å². The Bertz CT molecular complexity index is 1420. The zero-order valence-corrected chi connectivity index (χ0v) is 21.5. The van der Waals surface area contributed by atoms with E-state index in [0.29, 0.717) is 33.7 Å². The zero-order chi connectivity index (χ0) is 25.3. The second kappa shape index (κ2) is 9.87. The van der Waals surface area contributed by atoms with Crippen LogP contribution in [0.3, 0.4) is 0 Å². The minimum atomic E-state index is -0.363. The molecule has 4 aromatic rings. The van der Waals surface area contributed by atoms with Crippen LogP contribution in [0, 0.1) is 20.8 Å². The van der Waals surface area contributed by atoms with E-state index in [1.54, 1.807) is 41.5 Å². The highest BCUT2D eigenvalue weighted by Gasteiger charge is 2.20. The molecule has 2 N–H and O–H groups in total. The van der Waals surface area contributed by atoms with Crippen molar-refractivity contribution in [2.24, 2.45) is 0 Å². The number of aryl methyl sites for hydroxylation is 3. The van der Waals surface area contributed by atoms with Gasteiger partial charge in [-0.1, -0.05) is 6.07 Å². The Kier molecular flexibility index (Phi) is 6.88. The molecule has 0 fully saturated rings. The predicted molar refractivity (Wildman–Crippen MR) is 139 cm³/mol. The minimum absolute atomic E-state index is 0.0755. The van der Waals surface area contributed by atoms with Crippen LogP contribution in [0.5, 0.6) is 5.75 Å². The highest BCUT2D eigenvalue weighted by molar-refractivity contribution is 7.12. The van der Waals surface area contributed by atoms with E-state index in [1.807, 2.05) is 46.8 Å². The Hall–Kier alpha value is -3.72. The molecule has 3 aromatic heterocycles. The fraction of sp³-hybridized carbons (Fsp3) is 0.308. The molecule has 8 nitrogen and oxygen atoms in total. The molecule has 0 atom stereocenters. The van der Waals surface area contributed by atoms with Crippen LogP contribution in [0.4, 0.5) is 5.69 Å². The van der Waals surface area contributed by atoms with Crippen LogP contribution in [0.2, 0.25) is 0 Å². The molecule has 0 unspecified atom stereocenters. The number of aromatic nitrogens is 3. The summed E-state index contributed by atoms with van der Waals surface area (Å²) >= 11 is 1.69. The topological polar surface area (TPSA) is 98.1 Å². The normalized spacial score (nSPS) is 11.2. The van der Waals surface area contributed by atoms with Gasteiger partial charge < -0.3 is 15.4 Å². The van der Waals surface area contributed by atoms with Gasteiger partial charge in [-0.2, -0.15) is 5.10 Å². The summed E-state index contributed by atoms with van der Waals surface area (Å²) in [5.74, 6) is -0.161. The number of ether oxygens (including phenoxy) is 1. The second-order valence-corrected chi connectivity index (χ2v) is 10.2. The fourth-order valence-electron chi connectivity index (χ4n) is 3.98. The molecule has 0 radical (unpaired) electrons. The van der Waals surface area contributed by atoms with Crippen LogP contribution >= 0.6 is 11.3 Å². The number of fused-ring (bicyclic) bond motifs is 1. The lowest BCUT2D eigenvalue weighted by atomic mass is 10.1. The molecular weight excluding hydrogens is 462 g/mol. The molecule has 0 bridgehead atoms. The minimum Gasteiger partial charge on any atom is -0.495 e. The Balaban J connectivity index is 1.62. The Labute approximate surface area is 208 Å². The average Bonchev–Trinajstić information content (AvgIpc) is 3.39. The molecule has 0 aliphatic rings. The maximum absolute atomic E-state index is 13.3. The molecule has 9 heteroatoms. The molecule has 0 aliphatic heterocycles. The fourth-order valence-corrected chi connectivity index (χ4v) is 4.91. The van der Waals surface area contributed by atoms with Crippen LogP contribution in [-0.4, -0.2) is 40.2 Å². The first-order valence-electron chi connectivity index (χ1n) is 11.4. The molecule has 4 rings (SSSR count). The van der Waals surface area contributed by atoms with Crippen molar-refractivity contribution in [2.75, 3.05) is 19.0 Å². The van der Waals surface area contributed by atoms with Gasteiger partial charge in [0.2, 0.25) is 5.91 Å². The highest BCUT2D eigenvalue weighted by atomic mass is 32.1. The van der Waals surface area contributed by atoms with E-state index >= 15 is 0 Å². The lowest BCUT2D eigenvalue weighted by Crippen LogP contribution is -2.33. The van der Waals surface area contributed by atoms with Gasteiger partial charge in [-0.15, -0.1) is 11.3 Å². The number of nitrogens with one attached hydrogen (secondary N) is 2. The van der Waals surface area contributed by atoms with Crippen LogP contribution in [0.15, 0.2) is 36.5 Å². The lowest BCUT2D eigenvalue weighted by molar-refractivity contribution is -0.115. The Morgan fingerprint density at radius 1 is 1.14 bits per heavy atom. The van der Waals surface area contributed by atoms with E-state index in [0.717, 1.165) is 16.0 Å². The van der Waals surface area contributed by atoms with Gasteiger partial charge in [0.1, 0.15) is 5.75 Å². The van der Waals surface area contributed by atoms with Crippen LogP contribution in [-0.2, 0) is 4.79 Å². The monoisotopic (exact) mass is 491 g/mol. The number of carbonyl (C=O) groups excluding carboxylic acids is 2. The number of hydrogen-bond acceptors (Lipinski definition) is 6. The first kappa shape index (κ1) is 24.4. The predicted octanol–water partition coefficient (Wildman–Crippen LogP) is 5.04. The van der Waals surface area contributed by atoms with Crippen molar-refractivity contribution in [3.05, 3.63) is 57.4 Å². The summed E-state index contributed by atoms with van der Waals surface area (Å²) in [6.45, 7) is 9.87. The summed E-state index contributed by atoms with van der Waals surface area (Å²) < 4.78 is 7.12. The summed E-state index contributed by atoms with van der Waals surface area (Å²) in [5, 5.41) is 10.7. The van der Waals surface area contributed by atoms with Crippen molar-refractivity contribution in [3.63, 3.8) is 0 Å². The molecule has 0 spiro atoms. The molecule has 2 amide bonds. The number of hydrogen-bond donors (Lipinski definition) is 2. The smallest absolute Gasteiger partial charge is 0.252 e. The summed E-state index contributed by atoms with van der Waals surface area (Å²) in [5.41, 5.74) is 4.31. The van der Waals surface area contributed by atoms with E-state index in [9.17, 15) is 9.59 Å². The van der Waals surface area contributed by atoms with Crippen LogP contribution in [0.1, 0.15) is 45.6 Å². The lowest BCUT2D eigenvalue weighted by Gasteiger charge is -2.12. The molecule has 1 aromatic carbocycles. The molecule has 3 heterocycles. The molecular formula is C26H29N5O3S. The summed E-state index contributed by atoms with van der Waals surface area (Å²) in [6.07, 6.45) is 1.66. The number of amides is 2. The van der Waals surface area contributed by atoms with Gasteiger partial charge in [-0.3, -0.25) is 9.59 Å². The van der Waals surface area contributed by atoms with Gasteiger partial charge in [0.15, 0.2) is 5.65 Å². The third-order valence-electron chi connectivity index (χ3n) is 5.66. The van der Waals surface area contributed by atoms with Crippen molar-refractivity contribution >= 4 is 39.9 Å². The highest BCUT2D eigenvalue weighted by Crippen LogP contribution is 2.32. The Morgan fingerprint density at radius 2 is 1.91 bits per heavy atom. The van der Waals surface area contributed by atoms with E-state index < -0.39 is 0 Å². The SMILES string of the molecule is COc1ccc(C)cc1NC(=O)CNC(=O)c1cc(-c2cc(C)sc2C)nc2c1cnn2C(C)C. The number of benzene rings is 1. The summed E-state index contributed by atoms with van der Waals surface area (Å²) in [6, 6.07) is 9.44. The van der Waals surface area contributed by atoms with Crippen LogP contribution in [0.25, 0.3) is 22.3 Å².